The molecule has 1 amide bonds. The lowest BCUT2D eigenvalue weighted by Gasteiger charge is -2.25. The second-order valence-electron chi connectivity index (χ2n) is 6.14. The highest BCUT2D eigenvalue weighted by Gasteiger charge is 2.27. The molecule has 3 aromatic rings. The lowest BCUT2D eigenvalue weighted by atomic mass is 9.97. The molecule has 1 aliphatic heterocycles. The zero-order valence-electron chi connectivity index (χ0n) is 14.0. The van der Waals surface area contributed by atoms with Crippen molar-refractivity contribution in [2.24, 2.45) is 0 Å². The first-order valence-electron chi connectivity index (χ1n) is 8.33. The minimum absolute atomic E-state index is 0.137. The van der Waals surface area contributed by atoms with Crippen LogP contribution in [0.25, 0.3) is 5.69 Å². The number of carbonyl (C=O) groups excluding carboxylic acids is 1. The number of hydrogen-bond acceptors (Lipinski definition) is 3. The fourth-order valence-corrected chi connectivity index (χ4v) is 3.16. The summed E-state index contributed by atoms with van der Waals surface area (Å²) < 4.78 is 7.53. The topological polar surface area (TPSA) is 56.2 Å². The molecule has 4 rings (SSSR count). The van der Waals surface area contributed by atoms with Crippen LogP contribution in [0.1, 0.15) is 22.8 Å². The predicted molar refractivity (Wildman–Crippen MR) is 95.8 cm³/mol. The summed E-state index contributed by atoms with van der Waals surface area (Å²) in [6, 6.07) is 15.7. The quantitative estimate of drug-likeness (QED) is 0.799. The first kappa shape index (κ1) is 15.6. The Morgan fingerprint density at radius 3 is 2.92 bits per heavy atom. The van der Waals surface area contributed by atoms with E-state index < -0.39 is 6.10 Å². The van der Waals surface area contributed by atoms with Gasteiger partial charge >= 0.3 is 0 Å². The fraction of sp³-hybridized carbons (Fsp3) is 0.200. The number of nitrogens with zero attached hydrogens (tertiary/aromatic N) is 2. The molecule has 0 radical (unpaired) electrons. The summed E-state index contributed by atoms with van der Waals surface area (Å²) in [5, 5.41) is 7.23. The van der Waals surface area contributed by atoms with E-state index >= 15 is 0 Å². The van der Waals surface area contributed by atoms with Crippen molar-refractivity contribution >= 4 is 11.6 Å². The van der Waals surface area contributed by atoms with E-state index in [4.69, 9.17) is 4.74 Å². The summed E-state index contributed by atoms with van der Waals surface area (Å²) in [7, 11) is 0. The van der Waals surface area contributed by atoms with Crippen LogP contribution in [0.3, 0.4) is 0 Å². The Kier molecular flexibility index (Phi) is 4.07. The molecule has 5 nitrogen and oxygen atoms in total. The average Bonchev–Trinajstić information content (AvgIpc) is 3.17. The number of amides is 1. The zero-order valence-corrected chi connectivity index (χ0v) is 14.0. The number of anilines is 1. The van der Waals surface area contributed by atoms with Gasteiger partial charge in [-0.3, -0.25) is 4.79 Å². The van der Waals surface area contributed by atoms with Gasteiger partial charge in [-0.1, -0.05) is 24.3 Å². The smallest absolute Gasteiger partial charge is 0.258 e. The summed E-state index contributed by atoms with van der Waals surface area (Å²) in [5.74, 6) is -0.137. The van der Waals surface area contributed by atoms with Gasteiger partial charge in [-0.2, -0.15) is 5.10 Å². The van der Waals surface area contributed by atoms with Crippen LogP contribution in [-0.2, 0) is 16.0 Å². The number of rotatable bonds is 3. The number of aromatic nitrogens is 2. The summed E-state index contributed by atoms with van der Waals surface area (Å²) in [6.07, 6.45) is 3.91. The maximum atomic E-state index is 12.7. The van der Waals surface area contributed by atoms with Gasteiger partial charge in [0, 0.05) is 18.1 Å². The van der Waals surface area contributed by atoms with Crippen molar-refractivity contribution in [3.05, 3.63) is 77.6 Å². The Balaban J connectivity index is 1.56. The summed E-state index contributed by atoms with van der Waals surface area (Å²) >= 11 is 0. The molecule has 1 aliphatic rings. The van der Waals surface area contributed by atoms with Gasteiger partial charge in [0.05, 0.1) is 12.3 Å². The van der Waals surface area contributed by atoms with Gasteiger partial charge in [0.1, 0.15) is 0 Å². The summed E-state index contributed by atoms with van der Waals surface area (Å²) in [6.45, 7) is 2.53. The van der Waals surface area contributed by atoms with E-state index in [1.807, 2.05) is 55.6 Å². The SMILES string of the molecule is Cc1cc(-n2cccn2)ccc1NC(=O)C1OCCc2ccccc21. The van der Waals surface area contributed by atoms with Crippen LogP contribution in [0, 0.1) is 6.92 Å². The fourth-order valence-electron chi connectivity index (χ4n) is 3.16. The summed E-state index contributed by atoms with van der Waals surface area (Å²) in [4.78, 5) is 12.7. The van der Waals surface area contributed by atoms with Crippen molar-refractivity contribution in [1.29, 1.82) is 0 Å². The van der Waals surface area contributed by atoms with Crippen molar-refractivity contribution in [2.45, 2.75) is 19.4 Å². The van der Waals surface area contributed by atoms with Crippen molar-refractivity contribution in [3.8, 4) is 5.69 Å². The van der Waals surface area contributed by atoms with Gasteiger partial charge in [-0.05, 0) is 54.3 Å². The van der Waals surface area contributed by atoms with Crippen molar-refractivity contribution in [3.63, 3.8) is 0 Å². The van der Waals surface area contributed by atoms with Crippen molar-refractivity contribution in [1.82, 2.24) is 9.78 Å². The van der Waals surface area contributed by atoms with Crippen LogP contribution in [0.5, 0.6) is 0 Å². The number of fused-ring (bicyclic) bond motifs is 1. The standard InChI is InChI=1S/C20H19N3O2/c1-14-13-16(23-11-4-10-21-23)7-8-18(14)22-20(24)19-17-6-3-2-5-15(17)9-12-25-19/h2-8,10-11,13,19H,9,12H2,1H3,(H,22,24). The molecule has 1 N–H and O–H groups in total. The third-order valence-electron chi connectivity index (χ3n) is 4.47. The third kappa shape index (κ3) is 3.06. The second kappa shape index (κ2) is 6.53. The van der Waals surface area contributed by atoms with E-state index in [-0.39, 0.29) is 5.91 Å². The van der Waals surface area contributed by atoms with Gasteiger partial charge in [-0.15, -0.1) is 0 Å². The molecule has 2 heterocycles. The van der Waals surface area contributed by atoms with Gasteiger partial charge in [0.15, 0.2) is 6.10 Å². The molecule has 126 valence electrons. The van der Waals surface area contributed by atoms with Crippen molar-refractivity contribution < 1.29 is 9.53 Å². The number of aryl methyl sites for hydroxylation is 1. The molecule has 1 unspecified atom stereocenters. The van der Waals surface area contributed by atoms with Gasteiger partial charge < -0.3 is 10.1 Å². The molecule has 0 bridgehead atoms. The Morgan fingerprint density at radius 1 is 1.24 bits per heavy atom. The third-order valence-corrected chi connectivity index (χ3v) is 4.47. The molecule has 1 atom stereocenters. The Morgan fingerprint density at radius 2 is 2.12 bits per heavy atom. The van der Waals surface area contributed by atoms with Gasteiger partial charge in [0.25, 0.3) is 5.91 Å². The second-order valence-corrected chi connectivity index (χ2v) is 6.14. The van der Waals surface area contributed by atoms with Crippen LogP contribution in [0.2, 0.25) is 0 Å². The average molecular weight is 333 g/mol. The van der Waals surface area contributed by atoms with E-state index in [2.05, 4.69) is 16.5 Å². The molecular weight excluding hydrogens is 314 g/mol. The van der Waals surface area contributed by atoms with Crippen LogP contribution in [0.4, 0.5) is 5.69 Å². The first-order valence-corrected chi connectivity index (χ1v) is 8.33. The number of benzene rings is 2. The Hall–Kier alpha value is -2.92. The molecule has 2 aromatic carbocycles. The highest BCUT2D eigenvalue weighted by molar-refractivity contribution is 5.96. The lowest BCUT2D eigenvalue weighted by molar-refractivity contribution is -0.128. The normalized spacial score (nSPS) is 16.3. The number of carbonyl (C=O) groups is 1. The van der Waals surface area contributed by atoms with Crippen molar-refractivity contribution in [2.75, 3.05) is 11.9 Å². The number of ether oxygens (including phenoxy) is 1. The Bertz CT molecular complexity index is 903. The van der Waals surface area contributed by atoms with Crippen LogP contribution in [-0.4, -0.2) is 22.3 Å². The largest absolute Gasteiger partial charge is 0.363 e. The van der Waals surface area contributed by atoms with Crippen LogP contribution in [0.15, 0.2) is 60.9 Å². The molecule has 0 fully saturated rings. The number of nitrogens with one attached hydrogen (secondary N) is 1. The maximum absolute atomic E-state index is 12.7. The molecule has 25 heavy (non-hydrogen) atoms. The van der Waals surface area contributed by atoms with E-state index in [0.29, 0.717) is 6.61 Å². The van der Waals surface area contributed by atoms with E-state index in [1.165, 1.54) is 5.56 Å². The van der Waals surface area contributed by atoms with Crippen LogP contribution < -0.4 is 5.32 Å². The maximum Gasteiger partial charge on any atom is 0.258 e. The predicted octanol–water partition coefficient (Wildman–Crippen LogP) is 3.43. The van der Waals surface area contributed by atoms with E-state index in [1.54, 1.807) is 10.9 Å². The van der Waals surface area contributed by atoms with E-state index in [9.17, 15) is 4.79 Å². The molecule has 0 saturated carbocycles. The molecule has 0 spiro atoms. The van der Waals surface area contributed by atoms with Gasteiger partial charge in [0.2, 0.25) is 0 Å². The Labute approximate surface area is 146 Å². The monoisotopic (exact) mass is 333 g/mol. The molecule has 0 saturated heterocycles. The lowest BCUT2D eigenvalue weighted by Crippen LogP contribution is -2.28. The zero-order chi connectivity index (χ0) is 17.2. The highest BCUT2D eigenvalue weighted by Crippen LogP contribution is 2.29. The minimum atomic E-state index is -0.560. The molecular formula is C20H19N3O2. The molecule has 5 heteroatoms. The molecule has 1 aromatic heterocycles. The van der Waals surface area contributed by atoms with Crippen LogP contribution >= 0.6 is 0 Å². The summed E-state index contributed by atoms with van der Waals surface area (Å²) in [5.41, 5.74) is 4.86. The van der Waals surface area contributed by atoms with Gasteiger partial charge in [-0.25, -0.2) is 4.68 Å². The highest BCUT2D eigenvalue weighted by atomic mass is 16.5. The van der Waals surface area contributed by atoms with E-state index in [0.717, 1.165) is 28.9 Å². The first-order chi connectivity index (χ1) is 12.2. The molecule has 0 aliphatic carbocycles. The number of hydrogen-bond donors (Lipinski definition) is 1. The minimum Gasteiger partial charge on any atom is -0.363 e.